The maximum atomic E-state index is 15.9. The highest BCUT2D eigenvalue weighted by atomic mass is 35.5. The lowest BCUT2D eigenvalue weighted by Crippen LogP contribution is -2.63. The van der Waals surface area contributed by atoms with E-state index in [9.17, 15) is 9.18 Å². The lowest BCUT2D eigenvalue weighted by molar-refractivity contribution is -0.127. The highest BCUT2D eigenvalue weighted by Crippen LogP contribution is 2.41. The molecule has 0 bridgehead atoms. The van der Waals surface area contributed by atoms with Gasteiger partial charge in [0.15, 0.2) is 5.65 Å². The van der Waals surface area contributed by atoms with Crippen molar-refractivity contribution in [3.8, 4) is 17.3 Å². The van der Waals surface area contributed by atoms with Crippen molar-refractivity contribution in [1.82, 2.24) is 24.8 Å². The average molecular weight is 591 g/mol. The predicted octanol–water partition coefficient (Wildman–Crippen LogP) is 5.23. The van der Waals surface area contributed by atoms with E-state index in [2.05, 4.69) is 33.4 Å². The Hall–Kier alpha value is -3.89. The van der Waals surface area contributed by atoms with Gasteiger partial charge in [0, 0.05) is 30.1 Å². The number of anilines is 1. The van der Waals surface area contributed by atoms with Gasteiger partial charge in [0.2, 0.25) is 5.91 Å². The van der Waals surface area contributed by atoms with E-state index in [1.807, 2.05) is 4.90 Å². The van der Waals surface area contributed by atoms with Crippen LogP contribution in [0.3, 0.4) is 0 Å². The van der Waals surface area contributed by atoms with E-state index in [4.69, 9.17) is 21.3 Å². The first-order valence-electron chi connectivity index (χ1n) is 14.1. The smallest absolute Gasteiger partial charge is 0.320 e. The van der Waals surface area contributed by atoms with Gasteiger partial charge in [-0.25, -0.2) is 13.8 Å². The molecule has 0 unspecified atom stereocenters. The summed E-state index contributed by atoms with van der Waals surface area (Å²) in [5.41, 5.74) is 0.637. The third-order valence-electron chi connectivity index (χ3n) is 8.89. The van der Waals surface area contributed by atoms with Crippen LogP contribution < -0.4 is 9.64 Å². The Kier molecular flexibility index (Phi) is 6.70. The summed E-state index contributed by atoms with van der Waals surface area (Å²) in [5, 5.41) is 1.39. The number of hydrogen-bond donors (Lipinski definition) is 0. The fourth-order valence-corrected chi connectivity index (χ4v) is 6.86. The number of fused-ring (bicyclic) bond motifs is 3. The van der Waals surface area contributed by atoms with E-state index in [1.165, 1.54) is 18.2 Å². The summed E-state index contributed by atoms with van der Waals surface area (Å²) in [6.07, 6.45) is 4.21. The van der Waals surface area contributed by atoms with E-state index >= 15 is 4.39 Å². The van der Waals surface area contributed by atoms with Gasteiger partial charge in [-0.05, 0) is 56.4 Å². The Bertz CT molecular complexity index is 1750. The Morgan fingerprint density at radius 1 is 1.12 bits per heavy atom. The maximum absolute atomic E-state index is 15.9. The molecule has 0 N–H and O–H groups in total. The molecule has 8 nitrogen and oxygen atoms in total. The minimum absolute atomic E-state index is 0.0110. The maximum Gasteiger partial charge on any atom is 0.320 e. The number of carbonyl (C=O) groups is 1. The molecular weight excluding hydrogens is 562 g/mol. The number of halogens is 3. The third kappa shape index (κ3) is 4.35. The topological polar surface area (TPSA) is 74.7 Å². The summed E-state index contributed by atoms with van der Waals surface area (Å²) >= 11 is 6.37. The van der Waals surface area contributed by atoms with Crippen LogP contribution in [0.15, 0.2) is 49.1 Å². The zero-order chi connectivity index (χ0) is 29.1. The molecular formula is C31H29ClF2N6O2. The molecule has 7 rings (SSSR count). The van der Waals surface area contributed by atoms with Crippen LogP contribution in [0.5, 0.6) is 6.01 Å². The predicted molar refractivity (Wildman–Crippen MR) is 158 cm³/mol. The molecule has 5 heterocycles. The van der Waals surface area contributed by atoms with Gasteiger partial charge < -0.3 is 19.4 Å². The van der Waals surface area contributed by atoms with Crippen molar-refractivity contribution in [3.05, 3.63) is 65.7 Å². The van der Waals surface area contributed by atoms with Crippen LogP contribution in [0.25, 0.3) is 33.1 Å². The van der Waals surface area contributed by atoms with Gasteiger partial charge >= 0.3 is 6.01 Å². The number of aromatic nitrogens is 3. The van der Waals surface area contributed by atoms with Crippen LogP contribution in [0, 0.1) is 11.6 Å². The standard InChI is InChI=1S/C31H29ClF2N6O2/c1-3-25(41)39-13-11-23-24(39)15-40(23)30-20-14-22(34)28(19-8-4-6-17-9-10-21(33)27(32)26(17)19)35-29(20)36-31(37-30)42-16-18-7-5-12-38(18)2/h3-4,6,8-10,14,18,23-24H,1,5,7,11-13,15-16H2,2H3/t18-,23+,24+/m0/s1. The van der Waals surface area contributed by atoms with Crippen LogP contribution >= 0.6 is 11.6 Å². The first-order chi connectivity index (χ1) is 20.3. The number of pyridine rings is 1. The minimum Gasteiger partial charge on any atom is -0.462 e. The van der Waals surface area contributed by atoms with Crippen molar-refractivity contribution in [2.45, 2.75) is 37.4 Å². The molecule has 2 aromatic carbocycles. The van der Waals surface area contributed by atoms with Gasteiger partial charge in [-0.3, -0.25) is 4.79 Å². The summed E-state index contributed by atoms with van der Waals surface area (Å²) in [6, 6.07) is 9.95. The number of likely N-dealkylation sites (N-methyl/N-ethyl adjacent to an activating group) is 1. The number of benzene rings is 2. The number of likely N-dealkylation sites (tertiary alicyclic amines) is 2. The average Bonchev–Trinajstić information content (AvgIpc) is 3.54. The van der Waals surface area contributed by atoms with E-state index < -0.39 is 11.6 Å². The highest BCUT2D eigenvalue weighted by molar-refractivity contribution is 6.36. The summed E-state index contributed by atoms with van der Waals surface area (Å²) in [5.74, 6) is -0.776. The fraction of sp³-hybridized carbons (Fsp3) is 0.355. The van der Waals surface area contributed by atoms with Gasteiger partial charge in [0.25, 0.3) is 0 Å². The van der Waals surface area contributed by atoms with Gasteiger partial charge in [-0.2, -0.15) is 9.97 Å². The molecule has 11 heteroatoms. The Morgan fingerprint density at radius 3 is 2.76 bits per heavy atom. The Labute approximate surface area is 246 Å². The lowest BCUT2D eigenvalue weighted by Gasteiger charge is -2.47. The second-order valence-corrected chi connectivity index (χ2v) is 11.6. The Morgan fingerprint density at radius 2 is 1.98 bits per heavy atom. The molecule has 0 spiro atoms. The summed E-state index contributed by atoms with van der Waals surface area (Å²) < 4.78 is 36.5. The number of amides is 1. The molecule has 3 aliphatic rings. The van der Waals surface area contributed by atoms with Gasteiger partial charge in [-0.1, -0.05) is 42.4 Å². The van der Waals surface area contributed by atoms with Gasteiger partial charge in [0.1, 0.15) is 29.8 Å². The number of hydrogen-bond acceptors (Lipinski definition) is 7. The van der Waals surface area contributed by atoms with Crippen LogP contribution in [0.1, 0.15) is 19.3 Å². The second kappa shape index (κ2) is 10.4. The molecule has 2 aromatic heterocycles. The molecule has 3 fully saturated rings. The van der Waals surface area contributed by atoms with Crippen molar-refractivity contribution in [2.24, 2.45) is 0 Å². The number of carbonyl (C=O) groups excluding carboxylic acids is 1. The fourth-order valence-electron chi connectivity index (χ4n) is 6.59. The molecule has 3 atom stereocenters. The normalized spacial score (nSPS) is 22.0. The van der Waals surface area contributed by atoms with Crippen LogP contribution in [-0.2, 0) is 4.79 Å². The monoisotopic (exact) mass is 590 g/mol. The van der Waals surface area contributed by atoms with Crippen molar-refractivity contribution in [2.75, 3.05) is 38.2 Å². The van der Waals surface area contributed by atoms with Crippen molar-refractivity contribution in [3.63, 3.8) is 0 Å². The number of nitrogens with zero attached hydrogens (tertiary/aromatic N) is 6. The minimum atomic E-state index is -0.603. The van der Waals surface area contributed by atoms with Crippen molar-refractivity contribution in [1.29, 1.82) is 0 Å². The first kappa shape index (κ1) is 27.0. The molecule has 0 saturated carbocycles. The molecule has 0 radical (unpaired) electrons. The van der Waals surface area contributed by atoms with E-state index in [0.29, 0.717) is 47.2 Å². The zero-order valence-electron chi connectivity index (χ0n) is 23.1. The SMILES string of the molecule is C=CC(=O)N1CC[C@@H]2[C@H]1CN2c1nc(OC[C@@H]2CCCN2C)nc2nc(-c3cccc4ccc(F)c(Cl)c34)c(F)cc12. The van der Waals surface area contributed by atoms with Gasteiger partial charge in [-0.15, -0.1) is 0 Å². The first-order valence-corrected chi connectivity index (χ1v) is 14.5. The van der Waals surface area contributed by atoms with Crippen molar-refractivity contribution < 1.29 is 18.3 Å². The van der Waals surface area contributed by atoms with E-state index in [1.54, 1.807) is 24.3 Å². The molecule has 1 amide bonds. The number of rotatable bonds is 6. The Balaban J connectivity index is 1.33. The quantitative estimate of drug-likeness (QED) is 0.285. The number of ether oxygens (including phenoxy) is 1. The molecule has 3 aliphatic heterocycles. The van der Waals surface area contributed by atoms with Crippen molar-refractivity contribution >= 4 is 45.1 Å². The third-order valence-corrected chi connectivity index (χ3v) is 9.26. The van der Waals surface area contributed by atoms with Gasteiger partial charge in [0.05, 0.1) is 22.5 Å². The molecule has 216 valence electrons. The molecule has 42 heavy (non-hydrogen) atoms. The van der Waals surface area contributed by atoms with Crippen LogP contribution in [0.2, 0.25) is 5.02 Å². The molecule has 0 aliphatic carbocycles. The zero-order valence-corrected chi connectivity index (χ0v) is 23.8. The largest absolute Gasteiger partial charge is 0.462 e. The highest BCUT2D eigenvalue weighted by Gasteiger charge is 2.49. The molecule has 3 saturated heterocycles. The van der Waals surface area contributed by atoms with E-state index in [-0.39, 0.29) is 46.4 Å². The van der Waals surface area contributed by atoms with E-state index in [0.717, 1.165) is 25.8 Å². The second-order valence-electron chi connectivity index (χ2n) is 11.2. The van der Waals surface area contributed by atoms with Crippen LogP contribution in [0.4, 0.5) is 14.6 Å². The summed E-state index contributed by atoms with van der Waals surface area (Å²) in [4.78, 5) is 32.5. The summed E-state index contributed by atoms with van der Waals surface area (Å²) in [6.45, 7) is 6.21. The van der Waals surface area contributed by atoms with Crippen LogP contribution in [-0.4, -0.2) is 82.1 Å². The lowest BCUT2D eigenvalue weighted by atomic mass is 9.96. The summed E-state index contributed by atoms with van der Waals surface area (Å²) in [7, 11) is 2.07. The molecule has 4 aromatic rings.